The van der Waals surface area contributed by atoms with Crippen molar-refractivity contribution in [2.75, 3.05) is 0 Å². The SMILES string of the molecule is CCc1ccncc1.Cc1cccnc1C. The van der Waals surface area contributed by atoms with Gasteiger partial charge in [-0.25, -0.2) is 0 Å². The van der Waals surface area contributed by atoms with Gasteiger partial charge in [0.2, 0.25) is 0 Å². The van der Waals surface area contributed by atoms with Crippen LogP contribution in [0.15, 0.2) is 42.9 Å². The van der Waals surface area contributed by atoms with Gasteiger partial charge in [0.1, 0.15) is 0 Å². The molecule has 2 aromatic heterocycles. The zero-order valence-corrected chi connectivity index (χ0v) is 10.1. The summed E-state index contributed by atoms with van der Waals surface area (Å²) < 4.78 is 0. The van der Waals surface area contributed by atoms with Crippen molar-refractivity contribution in [2.45, 2.75) is 27.2 Å². The van der Waals surface area contributed by atoms with Crippen LogP contribution < -0.4 is 0 Å². The Balaban J connectivity index is 0.000000160. The molecule has 0 fully saturated rings. The van der Waals surface area contributed by atoms with Gasteiger partial charge in [0, 0.05) is 24.3 Å². The van der Waals surface area contributed by atoms with Crippen molar-refractivity contribution in [1.82, 2.24) is 9.97 Å². The van der Waals surface area contributed by atoms with E-state index in [1.165, 1.54) is 11.1 Å². The molecule has 2 nitrogen and oxygen atoms in total. The molecular formula is C14H18N2. The number of hydrogen-bond acceptors (Lipinski definition) is 2. The van der Waals surface area contributed by atoms with Crippen LogP contribution in [-0.2, 0) is 6.42 Å². The zero-order valence-electron chi connectivity index (χ0n) is 10.1. The third-order valence-corrected chi connectivity index (χ3v) is 2.43. The summed E-state index contributed by atoms with van der Waals surface area (Å²) in [7, 11) is 0. The lowest BCUT2D eigenvalue weighted by Crippen LogP contribution is -1.81. The number of pyridine rings is 2. The van der Waals surface area contributed by atoms with Gasteiger partial charge in [-0.15, -0.1) is 0 Å². The molecule has 0 N–H and O–H groups in total. The molecule has 84 valence electrons. The van der Waals surface area contributed by atoms with Gasteiger partial charge in [-0.1, -0.05) is 13.0 Å². The molecule has 2 rings (SSSR count). The Hall–Kier alpha value is -1.70. The topological polar surface area (TPSA) is 25.8 Å². The molecular weight excluding hydrogens is 196 g/mol. The van der Waals surface area contributed by atoms with Gasteiger partial charge in [0.05, 0.1) is 0 Å². The van der Waals surface area contributed by atoms with Crippen LogP contribution in [0.1, 0.15) is 23.7 Å². The summed E-state index contributed by atoms with van der Waals surface area (Å²) in [5.41, 5.74) is 3.72. The van der Waals surface area contributed by atoms with Gasteiger partial charge in [-0.3, -0.25) is 9.97 Å². The van der Waals surface area contributed by atoms with Gasteiger partial charge in [0.15, 0.2) is 0 Å². The Morgan fingerprint density at radius 2 is 1.69 bits per heavy atom. The van der Waals surface area contributed by atoms with E-state index in [0.717, 1.165) is 12.1 Å². The van der Waals surface area contributed by atoms with Crippen molar-refractivity contribution in [3.63, 3.8) is 0 Å². The second-order valence-electron chi connectivity index (χ2n) is 3.61. The molecule has 0 radical (unpaired) electrons. The minimum atomic E-state index is 1.10. The molecule has 0 aliphatic rings. The van der Waals surface area contributed by atoms with E-state index in [1.807, 2.05) is 43.7 Å². The standard InChI is InChI=1S/2C7H9N/c1-6-4-3-5-8-7(6)2;1-2-7-3-5-8-6-4-7/h3-5H,1-2H3;3-6H,2H2,1H3. The quantitative estimate of drug-likeness (QED) is 0.727. The Morgan fingerprint density at radius 1 is 1.00 bits per heavy atom. The van der Waals surface area contributed by atoms with E-state index in [2.05, 4.69) is 29.9 Å². The van der Waals surface area contributed by atoms with Crippen LogP contribution in [0, 0.1) is 13.8 Å². The van der Waals surface area contributed by atoms with Crippen LogP contribution in [0.3, 0.4) is 0 Å². The highest BCUT2D eigenvalue weighted by atomic mass is 14.7. The fourth-order valence-corrected chi connectivity index (χ4v) is 1.18. The monoisotopic (exact) mass is 214 g/mol. The first kappa shape index (κ1) is 12.4. The molecule has 0 aliphatic heterocycles. The summed E-state index contributed by atoms with van der Waals surface area (Å²) in [6.45, 7) is 6.20. The molecule has 0 spiro atoms. The summed E-state index contributed by atoms with van der Waals surface area (Å²) in [6, 6.07) is 8.06. The number of hydrogen-bond donors (Lipinski definition) is 0. The summed E-state index contributed by atoms with van der Waals surface area (Å²) >= 11 is 0. The van der Waals surface area contributed by atoms with Crippen LogP contribution in [0.2, 0.25) is 0 Å². The fourth-order valence-electron chi connectivity index (χ4n) is 1.18. The van der Waals surface area contributed by atoms with E-state index in [1.54, 1.807) is 0 Å². The Kier molecular flexibility index (Phi) is 5.20. The van der Waals surface area contributed by atoms with E-state index in [9.17, 15) is 0 Å². The first-order chi connectivity index (χ1) is 7.74. The normalized spacial score (nSPS) is 9.19. The first-order valence-electron chi connectivity index (χ1n) is 5.51. The van der Waals surface area contributed by atoms with Crippen molar-refractivity contribution >= 4 is 0 Å². The van der Waals surface area contributed by atoms with E-state index < -0.39 is 0 Å². The molecule has 2 heteroatoms. The summed E-state index contributed by atoms with van der Waals surface area (Å²) in [5, 5.41) is 0. The molecule has 0 saturated carbocycles. The second kappa shape index (κ2) is 6.72. The fraction of sp³-hybridized carbons (Fsp3) is 0.286. The average Bonchev–Trinajstić information content (AvgIpc) is 2.35. The van der Waals surface area contributed by atoms with Gasteiger partial charge >= 0.3 is 0 Å². The summed E-state index contributed by atoms with van der Waals surface area (Å²) in [5.74, 6) is 0. The number of nitrogens with zero attached hydrogens (tertiary/aromatic N) is 2. The van der Waals surface area contributed by atoms with Crippen LogP contribution >= 0.6 is 0 Å². The molecule has 0 amide bonds. The van der Waals surface area contributed by atoms with E-state index in [-0.39, 0.29) is 0 Å². The highest BCUT2D eigenvalue weighted by Gasteiger charge is 1.85. The van der Waals surface area contributed by atoms with Crippen molar-refractivity contribution in [2.24, 2.45) is 0 Å². The molecule has 0 aliphatic carbocycles. The first-order valence-corrected chi connectivity index (χ1v) is 5.51. The number of aromatic nitrogens is 2. The van der Waals surface area contributed by atoms with Crippen LogP contribution in [0.4, 0.5) is 0 Å². The Morgan fingerprint density at radius 3 is 2.06 bits per heavy atom. The van der Waals surface area contributed by atoms with Crippen LogP contribution in [0.5, 0.6) is 0 Å². The summed E-state index contributed by atoms with van der Waals surface area (Å²) in [6.07, 6.45) is 6.54. The maximum Gasteiger partial charge on any atom is 0.0401 e. The summed E-state index contributed by atoms with van der Waals surface area (Å²) in [4.78, 5) is 7.97. The molecule has 16 heavy (non-hydrogen) atoms. The van der Waals surface area contributed by atoms with Gasteiger partial charge in [0.25, 0.3) is 0 Å². The minimum Gasteiger partial charge on any atom is -0.265 e. The largest absolute Gasteiger partial charge is 0.265 e. The predicted octanol–water partition coefficient (Wildman–Crippen LogP) is 3.34. The minimum absolute atomic E-state index is 1.10. The van der Waals surface area contributed by atoms with Crippen molar-refractivity contribution in [3.8, 4) is 0 Å². The second-order valence-corrected chi connectivity index (χ2v) is 3.61. The molecule has 0 saturated heterocycles. The van der Waals surface area contributed by atoms with Gasteiger partial charge < -0.3 is 0 Å². The molecule has 0 atom stereocenters. The zero-order chi connectivity index (χ0) is 11.8. The Labute approximate surface area is 97.4 Å². The molecule has 2 aromatic rings. The molecule has 0 unspecified atom stereocenters. The lowest BCUT2D eigenvalue weighted by Gasteiger charge is -1.92. The maximum atomic E-state index is 4.08. The lowest BCUT2D eigenvalue weighted by atomic mass is 10.2. The lowest BCUT2D eigenvalue weighted by molar-refractivity contribution is 1.12. The third kappa shape index (κ3) is 4.22. The number of aryl methyl sites for hydroxylation is 3. The molecule has 0 aromatic carbocycles. The highest BCUT2D eigenvalue weighted by molar-refractivity contribution is 5.15. The molecule has 2 heterocycles. The third-order valence-electron chi connectivity index (χ3n) is 2.43. The van der Waals surface area contributed by atoms with E-state index in [4.69, 9.17) is 0 Å². The van der Waals surface area contributed by atoms with E-state index in [0.29, 0.717) is 0 Å². The molecule has 0 bridgehead atoms. The van der Waals surface area contributed by atoms with Crippen molar-refractivity contribution in [1.29, 1.82) is 0 Å². The highest BCUT2D eigenvalue weighted by Crippen LogP contribution is 1.98. The maximum absolute atomic E-state index is 4.08. The smallest absolute Gasteiger partial charge is 0.0401 e. The van der Waals surface area contributed by atoms with Crippen LogP contribution in [0.25, 0.3) is 0 Å². The van der Waals surface area contributed by atoms with Crippen molar-refractivity contribution in [3.05, 3.63) is 59.7 Å². The number of rotatable bonds is 1. The van der Waals surface area contributed by atoms with Gasteiger partial charge in [-0.05, 0) is 49.6 Å². The predicted molar refractivity (Wildman–Crippen MR) is 67.3 cm³/mol. The van der Waals surface area contributed by atoms with Crippen molar-refractivity contribution < 1.29 is 0 Å². The Bertz CT molecular complexity index is 389. The average molecular weight is 214 g/mol. The van der Waals surface area contributed by atoms with Gasteiger partial charge in [-0.2, -0.15) is 0 Å². The van der Waals surface area contributed by atoms with Crippen LogP contribution in [-0.4, -0.2) is 9.97 Å². The van der Waals surface area contributed by atoms with E-state index >= 15 is 0 Å².